The Morgan fingerprint density at radius 3 is 2.37 bits per heavy atom. The van der Waals surface area contributed by atoms with Crippen LogP contribution in [0.3, 0.4) is 0 Å². The van der Waals surface area contributed by atoms with E-state index in [1.807, 2.05) is 30.3 Å². The number of carboxylic acid groups (broad SMARTS) is 1. The molecule has 1 rings (SSSR count). The maximum atomic E-state index is 11.2. The Bertz CT molecular complexity index is 474. The average Bonchev–Trinajstić information content (AvgIpc) is 2.42. The molecule has 0 N–H and O–H groups in total. The molecule has 0 aliphatic carbocycles. The summed E-state index contributed by atoms with van der Waals surface area (Å²) in [7, 11) is 1.23. The van der Waals surface area contributed by atoms with Crippen molar-refractivity contribution in [2.24, 2.45) is 0 Å². The van der Waals surface area contributed by atoms with Gasteiger partial charge in [0.15, 0.2) is 0 Å². The first-order valence-electron chi connectivity index (χ1n) is 6.05. The van der Waals surface area contributed by atoms with Gasteiger partial charge in [0.2, 0.25) is 0 Å². The lowest BCUT2D eigenvalue weighted by Crippen LogP contribution is -2.27. The van der Waals surface area contributed by atoms with Crippen molar-refractivity contribution in [2.75, 3.05) is 7.11 Å². The number of aliphatic carboxylic acids is 1. The molecule has 0 saturated carbocycles. The number of rotatable bonds is 6. The van der Waals surface area contributed by atoms with Crippen LogP contribution >= 0.6 is 0 Å². The number of benzene rings is 1. The molecule has 4 nitrogen and oxygen atoms in total. The maximum absolute atomic E-state index is 11.2. The molecule has 0 bridgehead atoms. The molecule has 1 aromatic carbocycles. The number of hydrogen-bond acceptors (Lipinski definition) is 4. The average molecular weight is 261 g/mol. The van der Waals surface area contributed by atoms with Crippen molar-refractivity contribution in [1.82, 2.24) is 0 Å². The smallest absolute Gasteiger partial charge is 0.310 e. The summed E-state index contributed by atoms with van der Waals surface area (Å²) in [6, 6.07) is 9.75. The molecule has 0 aromatic heterocycles. The number of carbonyl (C=O) groups is 2. The van der Waals surface area contributed by atoms with E-state index >= 15 is 0 Å². The van der Waals surface area contributed by atoms with Gasteiger partial charge in [-0.2, -0.15) is 0 Å². The molecule has 0 aliphatic heterocycles. The molecule has 0 aliphatic rings. The van der Waals surface area contributed by atoms with E-state index in [0.29, 0.717) is 12.0 Å². The second kappa shape index (κ2) is 7.36. The zero-order valence-electron chi connectivity index (χ0n) is 11.1. The maximum Gasteiger partial charge on any atom is 0.310 e. The van der Waals surface area contributed by atoms with E-state index in [0.717, 1.165) is 12.0 Å². The van der Waals surface area contributed by atoms with Crippen LogP contribution in [0.2, 0.25) is 0 Å². The summed E-state index contributed by atoms with van der Waals surface area (Å²) < 4.78 is 4.48. The predicted molar refractivity (Wildman–Crippen MR) is 69.1 cm³/mol. The molecular weight excluding hydrogens is 244 g/mol. The van der Waals surface area contributed by atoms with Crippen LogP contribution in [0.25, 0.3) is 0 Å². The quantitative estimate of drug-likeness (QED) is 0.571. The number of hydrogen-bond donors (Lipinski definition) is 0. The Hall–Kier alpha value is -2.10. The van der Waals surface area contributed by atoms with Gasteiger partial charge in [0.25, 0.3) is 0 Å². The molecule has 0 atom stereocenters. The molecule has 0 saturated heterocycles. The van der Waals surface area contributed by atoms with E-state index < -0.39 is 11.9 Å². The second-order valence-corrected chi connectivity index (χ2v) is 4.28. The van der Waals surface area contributed by atoms with Crippen molar-refractivity contribution >= 4 is 11.9 Å². The van der Waals surface area contributed by atoms with Gasteiger partial charge in [-0.05, 0) is 30.9 Å². The molecule has 102 valence electrons. The van der Waals surface area contributed by atoms with Crippen LogP contribution in [0.4, 0.5) is 0 Å². The number of esters is 1. The highest BCUT2D eigenvalue weighted by Gasteiger charge is 2.10. The van der Waals surface area contributed by atoms with Crippen molar-refractivity contribution in [3.05, 3.63) is 47.0 Å². The van der Waals surface area contributed by atoms with Crippen molar-refractivity contribution in [1.29, 1.82) is 0 Å². The highest BCUT2D eigenvalue weighted by atomic mass is 16.5. The summed E-state index contributed by atoms with van der Waals surface area (Å²) in [5.74, 6) is -1.88. The van der Waals surface area contributed by atoms with Gasteiger partial charge in [0, 0.05) is 0 Å². The number of ether oxygens (including phenoxy) is 1. The molecular formula is C15H17O4-. The fourth-order valence-electron chi connectivity index (χ4n) is 1.74. The summed E-state index contributed by atoms with van der Waals surface area (Å²) >= 11 is 0. The third-order valence-corrected chi connectivity index (χ3v) is 2.94. The van der Waals surface area contributed by atoms with Gasteiger partial charge < -0.3 is 14.6 Å². The summed E-state index contributed by atoms with van der Waals surface area (Å²) in [4.78, 5) is 22.2. The zero-order valence-corrected chi connectivity index (χ0v) is 11.1. The van der Waals surface area contributed by atoms with Gasteiger partial charge in [0.05, 0.1) is 19.5 Å². The number of carbonyl (C=O) groups excluding carboxylic acids is 2. The first-order valence-corrected chi connectivity index (χ1v) is 6.05. The number of allylic oxidation sites excluding steroid dienone is 1. The van der Waals surface area contributed by atoms with Crippen LogP contribution in [0, 0.1) is 0 Å². The van der Waals surface area contributed by atoms with Gasteiger partial charge >= 0.3 is 5.97 Å². The highest BCUT2D eigenvalue weighted by molar-refractivity contribution is 5.91. The fraction of sp³-hybridized carbons (Fsp3) is 0.333. The van der Waals surface area contributed by atoms with Gasteiger partial charge in [-0.1, -0.05) is 35.9 Å². The van der Waals surface area contributed by atoms with Crippen LogP contribution in [0.5, 0.6) is 0 Å². The third kappa shape index (κ3) is 4.95. The monoisotopic (exact) mass is 261 g/mol. The van der Waals surface area contributed by atoms with Crippen molar-refractivity contribution in [2.45, 2.75) is 26.2 Å². The first kappa shape index (κ1) is 15.0. The topological polar surface area (TPSA) is 66.4 Å². The zero-order chi connectivity index (χ0) is 14.3. The first-order chi connectivity index (χ1) is 9.04. The fourth-order valence-corrected chi connectivity index (χ4v) is 1.74. The van der Waals surface area contributed by atoms with Crippen LogP contribution in [-0.4, -0.2) is 19.0 Å². The van der Waals surface area contributed by atoms with Gasteiger partial charge in [-0.25, -0.2) is 0 Å². The Labute approximate surface area is 112 Å². The molecule has 4 heteroatoms. The lowest BCUT2D eigenvalue weighted by molar-refractivity contribution is -0.299. The van der Waals surface area contributed by atoms with Gasteiger partial charge in [0.1, 0.15) is 0 Å². The molecule has 0 radical (unpaired) electrons. The normalized spacial score (nSPS) is 11.7. The Morgan fingerprint density at radius 2 is 1.84 bits per heavy atom. The molecule has 0 unspecified atom stereocenters. The van der Waals surface area contributed by atoms with E-state index in [1.165, 1.54) is 7.11 Å². The summed E-state index contributed by atoms with van der Waals surface area (Å²) in [6.45, 7) is 1.71. The number of carboxylic acids is 1. The van der Waals surface area contributed by atoms with Crippen molar-refractivity contribution in [3.63, 3.8) is 0 Å². The SMILES string of the molecule is COC(=O)CC(C(=O)[O-])=C(C)CCc1ccccc1. The molecule has 0 spiro atoms. The standard InChI is InChI=1S/C15H18O4/c1-11(8-9-12-6-4-3-5-7-12)13(15(17)18)10-14(16)19-2/h3-7H,8-10H2,1-2H3,(H,17,18)/p-1. The minimum absolute atomic E-state index is 0.0165. The third-order valence-electron chi connectivity index (χ3n) is 2.94. The summed E-state index contributed by atoms with van der Waals surface area (Å²) in [6.07, 6.45) is 1.05. The van der Waals surface area contributed by atoms with Crippen LogP contribution in [-0.2, 0) is 20.7 Å². The molecule has 0 amide bonds. The van der Waals surface area contributed by atoms with Crippen LogP contribution in [0.15, 0.2) is 41.5 Å². The second-order valence-electron chi connectivity index (χ2n) is 4.28. The van der Waals surface area contributed by atoms with E-state index in [2.05, 4.69) is 4.74 Å². The molecule has 1 aromatic rings. The van der Waals surface area contributed by atoms with E-state index in [-0.39, 0.29) is 12.0 Å². The largest absolute Gasteiger partial charge is 0.545 e. The van der Waals surface area contributed by atoms with Gasteiger partial charge in [-0.15, -0.1) is 0 Å². The van der Waals surface area contributed by atoms with Crippen LogP contribution in [0.1, 0.15) is 25.3 Å². The molecule has 0 heterocycles. The summed E-state index contributed by atoms with van der Waals surface area (Å²) in [5.41, 5.74) is 1.79. The van der Waals surface area contributed by atoms with Crippen molar-refractivity contribution in [3.8, 4) is 0 Å². The van der Waals surface area contributed by atoms with Gasteiger partial charge in [-0.3, -0.25) is 4.79 Å². The summed E-state index contributed by atoms with van der Waals surface area (Å²) in [5, 5.41) is 11.0. The van der Waals surface area contributed by atoms with Crippen LogP contribution < -0.4 is 5.11 Å². The molecule has 19 heavy (non-hydrogen) atoms. The number of aryl methyl sites for hydroxylation is 1. The highest BCUT2D eigenvalue weighted by Crippen LogP contribution is 2.15. The Kier molecular flexibility index (Phi) is 5.79. The minimum Gasteiger partial charge on any atom is -0.545 e. The van der Waals surface area contributed by atoms with E-state index in [1.54, 1.807) is 6.92 Å². The Morgan fingerprint density at radius 1 is 1.21 bits per heavy atom. The minimum atomic E-state index is -1.31. The molecule has 0 fully saturated rings. The Balaban J connectivity index is 2.74. The van der Waals surface area contributed by atoms with Crippen molar-refractivity contribution < 1.29 is 19.4 Å². The lowest BCUT2D eigenvalue weighted by Gasteiger charge is -2.12. The van der Waals surface area contributed by atoms with E-state index in [4.69, 9.17) is 0 Å². The lowest BCUT2D eigenvalue weighted by atomic mass is 9.99. The van der Waals surface area contributed by atoms with E-state index in [9.17, 15) is 14.7 Å². The number of methoxy groups -OCH3 is 1. The predicted octanol–water partition coefficient (Wildman–Crippen LogP) is 1.25.